The summed E-state index contributed by atoms with van der Waals surface area (Å²) < 4.78 is 35.4. The first-order valence-electron chi connectivity index (χ1n) is 16.2. The summed E-state index contributed by atoms with van der Waals surface area (Å²) in [6.45, 7) is 17.5. The van der Waals surface area contributed by atoms with Gasteiger partial charge in [-0.1, -0.05) is 58.9 Å². The van der Waals surface area contributed by atoms with Gasteiger partial charge in [-0.15, -0.1) is 0 Å². The van der Waals surface area contributed by atoms with Crippen molar-refractivity contribution in [3.05, 3.63) is 83.4 Å². The van der Waals surface area contributed by atoms with Crippen molar-refractivity contribution in [1.29, 1.82) is 0 Å². The van der Waals surface area contributed by atoms with E-state index in [4.69, 9.17) is 4.74 Å². The fourth-order valence-corrected chi connectivity index (χ4v) is 6.98. The molecule has 260 valence electrons. The van der Waals surface area contributed by atoms with Crippen LogP contribution < -0.4 is 19.7 Å². The molecule has 0 saturated carbocycles. The van der Waals surface area contributed by atoms with Crippen LogP contribution in [0.2, 0.25) is 0 Å². The van der Waals surface area contributed by atoms with E-state index < -0.39 is 16.0 Å². The summed E-state index contributed by atoms with van der Waals surface area (Å²) in [6, 6.07) is 12.5. The number of hydrogen-bond acceptors (Lipinski definition) is 10. The van der Waals surface area contributed by atoms with E-state index in [1.807, 2.05) is 44.4 Å². The summed E-state index contributed by atoms with van der Waals surface area (Å²) in [4.78, 5) is 31.7. The Morgan fingerprint density at radius 3 is 2.29 bits per heavy atom. The van der Waals surface area contributed by atoms with Gasteiger partial charge in [0.1, 0.15) is 12.4 Å². The van der Waals surface area contributed by atoms with Crippen molar-refractivity contribution in [3.8, 4) is 17.1 Å². The number of carbonyl (C=O) groups is 1. The molecule has 0 unspecified atom stereocenters. The first kappa shape index (κ1) is 35.7. The maximum absolute atomic E-state index is 13.4. The van der Waals surface area contributed by atoms with Crippen molar-refractivity contribution < 1.29 is 23.1 Å². The molecule has 1 saturated heterocycles. The molecule has 49 heavy (non-hydrogen) atoms. The van der Waals surface area contributed by atoms with Crippen LogP contribution in [-0.2, 0) is 16.6 Å². The van der Waals surface area contributed by atoms with E-state index in [1.54, 1.807) is 6.07 Å². The zero-order valence-corrected chi connectivity index (χ0v) is 29.9. The Balaban J connectivity index is 1.37. The molecule has 1 fully saturated rings. The van der Waals surface area contributed by atoms with Gasteiger partial charge in [0.15, 0.2) is 0 Å². The smallest absolute Gasteiger partial charge is 0.335 e. The van der Waals surface area contributed by atoms with E-state index in [0.29, 0.717) is 23.5 Å². The third-order valence-corrected chi connectivity index (χ3v) is 9.52. The predicted molar refractivity (Wildman–Crippen MR) is 189 cm³/mol. The summed E-state index contributed by atoms with van der Waals surface area (Å²) in [5, 5.41) is 12.9. The Hall–Kier alpha value is -4.62. The van der Waals surface area contributed by atoms with Crippen LogP contribution in [0.4, 0.5) is 11.6 Å². The van der Waals surface area contributed by atoms with Gasteiger partial charge in [-0.3, -0.25) is 0 Å². The van der Waals surface area contributed by atoms with Crippen LogP contribution in [-0.4, -0.2) is 65.2 Å². The Bertz CT molecular complexity index is 1900. The molecule has 1 atom stereocenters. The number of anilines is 2. The van der Waals surface area contributed by atoms with Crippen LogP contribution in [0.5, 0.6) is 5.88 Å². The van der Waals surface area contributed by atoms with E-state index in [0.717, 1.165) is 48.0 Å². The van der Waals surface area contributed by atoms with Crippen molar-refractivity contribution in [1.82, 2.24) is 25.3 Å². The van der Waals surface area contributed by atoms with E-state index in [2.05, 4.69) is 69.5 Å². The highest BCUT2D eigenvalue weighted by Gasteiger charge is 2.34. The Morgan fingerprint density at radius 2 is 1.67 bits per heavy atom. The zero-order valence-electron chi connectivity index (χ0n) is 29.1. The second kappa shape index (κ2) is 14.1. The average molecular weight is 688 g/mol. The number of aromatic nitrogens is 4. The van der Waals surface area contributed by atoms with E-state index in [-0.39, 0.29) is 40.4 Å². The number of nitrogens with one attached hydrogen (secondary N) is 2. The summed E-state index contributed by atoms with van der Waals surface area (Å²) in [5.74, 6) is -0.581. The molecule has 13 heteroatoms. The van der Waals surface area contributed by atoms with Crippen LogP contribution in [0.15, 0.2) is 65.8 Å². The molecule has 12 nitrogen and oxygen atoms in total. The van der Waals surface area contributed by atoms with Crippen molar-refractivity contribution in [2.24, 2.45) is 10.8 Å². The van der Waals surface area contributed by atoms with Crippen LogP contribution in [0.1, 0.15) is 68.3 Å². The largest absolute Gasteiger partial charge is 0.478 e. The Labute approximate surface area is 288 Å². The van der Waals surface area contributed by atoms with Gasteiger partial charge in [0.05, 0.1) is 40.8 Å². The molecule has 4 aromatic rings. The topological polar surface area (TPSA) is 160 Å². The fourth-order valence-electron chi connectivity index (χ4n) is 5.99. The van der Waals surface area contributed by atoms with Crippen LogP contribution in [0, 0.1) is 24.7 Å². The SMILES string of the molecule is Cc1cccc(C)c1-c1cc(OC[C@@H](CC(C)(C)C)NCc2ncc(N3CC(C)(C)C3)cn2)nc(NS(=O)(=O)c2cccc(C(=O)O)c2)n1. The summed E-state index contributed by atoms with van der Waals surface area (Å²) in [6.07, 6.45) is 4.50. The molecule has 3 N–H and O–H groups in total. The lowest BCUT2D eigenvalue weighted by molar-refractivity contribution is 0.0696. The maximum Gasteiger partial charge on any atom is 0.335 e. The first-order chi connectivity index (χ1) is 23.0. The molecule has 0 amide bonds. The van der Waals surface area contributed by atoms with Gasteiger partial charge < -0.3 is 20.1 Å². The Kier molecular flexibility index (Phi) is 10.3. The molecule has 5 rings (SSSR count). The van der Waals surface area contributed by atoms with Crippen LogP contribution in [0.3, 0.4) is 0 Å². The zero-order chi connectivity index (χ0) is 35.6. The quantitative estimate of drug-likeness (QED) is 0.154. The van der Waals surface area contributed by atoms with Gasteiger partial charge in [0.25, 0.3) is 10.0 Å². The molecule has 2 aromatic carbocycles. The summed E-state index contributed by atoms with van der Waals surface area (Å²) in [7, 11) is -4.24. The molecule has 0 aliphatic carbocycles. The highest BCUT2D eigenvalue weighted by atomic mass is 32.2. The second-order valence-electron chi connectivity index (χ2n) is 14.7. The summed E-state index contributed by atoms with van der Waals surface area (Å²) >= 11 is 0. The summed E-state index contributed by atoms with van der Waals surface area (Å²) in [5.41, 5.74) is 4.34. The molecule has 1 aliphatic heterocycles. The van der Waals surface area contributed by atoms with Gasteiger partial charge >= 0.3 is 5.97 Å². The van der Waals surface area contributed by atoms with Gasteiger partial charge in [-0.05, 0) is 60.4 Å². The molecule has 1 aliphatic rings. The van der Waals surface area contributed by atoms with Crippen molar-refractivity contribution in [2.45, 2.75) is 72.4 Å². The predicted octanol–water partition coefficient (Wildman–Crippen LogP) is 5.87. The number of nitrogens with zero attached hydrogens (tertiary/aromatic N) is 5. The highest BCUT2D eigenvalue weighted by Crippen LogP contribution is 2.33. The molecular formula is C36H45N7O5S. The minimum Gasteiger partial charge on any atom is -0.478 e. The van der Waals surface area contributed by atoms with Gasteiger partial charge in [0, 0.05) is 30.8 Å². The number of benzene rings is 2. The van der Waals surface area contributed by atoms with Crippen LogP contribution in [0.25, 0.3) is 11.3 Å². The van der Waals surface area contributed by atoms with Gasteiger partial charge in [-0.25, -0.2) is 32.9 Å². The third-order valence-electron chi connectivity index (χ3n) is 8.19. The number of carboxylic acid groups (broad SMARTS) is 1. The number of hydrogen-bond donors (Lipinski definition) is 3. The Morgan fingerprint density at radius 1 is 1.02 bits per heavy atom. The monoisotopic (exact) mass is 687 g/mol. The minimum absolute atomic E-state index is 0.0313. The minimum atomic E-state index is -4.24. The molecule has 0 radical (unpaired) electrons. The van der Waals surface area contributed by atoms with E-state index in [9.17, 15) is 18.3 Å². The highest BCUT2D eigenvalue weighted by molar-refractivity contribution is 7.92. The van der Waals surface area contributed by atoms with Crippen molar-refractivity contribution >= 4 is 27.6 Å². The number of aryl methyl sites for hydroxylation is 2. The number of carboxylic acids is 1. The molecule has 0 spiro atoms. The van der Waals surface area contributed by atoms with E-state index >= 15 is 0 Å². The number of sulfonamides is 1. The maximum atomic E-state index is 13.4. The molecule has 3 heterocycles. The molecule has 0 bridgehead atoms. The lowest BCUT2D eigenvalue weighted by atomic mass is 9.84. The van der Waals surface area contributed by atoms with E-state index in [1.165, 1.54) is 18.2 Å². The normalized spacial score (nSPS) is 15.0. The van der Waals surface area contributed by atoms with Gasteiger partial charge in [0.2, 0.25) is 11.8 Å². The average Bonchev–Trinajstić information content (AvgIpc) is 3.00. The second-order valence-corrected chi connectivity index (χ2v) is 16.3. The third kappa shape index (κ3) is 9.30. The number of rotatable bonds is 13. The fraction of sp³-hybridized carbons (Fsp3) is 0.417. The van der Waals surface area contributed by atoms with Crippen molar-refractivity contribution in [3.63, 3.8) is 0 Å². The van der Waals surface area contributed by atoms with Crippen molar-refractivity contribution in [2.75, 3.05) is 29.3 Å². The lowest BCUT2D eigenvalue weighted by Crippen LogP contribution is -2.53. The van der Waals surface area contributed by atoms with Crippen LogP contribution >= 0.6 is 0 Å². The standard InChI is InChI=1S/C36H45N7O5S/c1-23-10-8-11-24(2)32(23)29-15-31(41-34(40-29)42-49(46,47)28-13-9-12-25(14-28)33(44)45)48-20-26(16-35(3,4)5)37-19-30-38-17-27(18-39-30)43-21-36(6,7)22-43/h8-15,17-18,26,37H,16,19-22H2,1-7H3,(H,44,45)(H,40,41,42)/t26-/m1/s1. The van der Waals surface area contributed by atoms with Gasteiger partial charge in [-0.2, -0.15) is 4.98 Å². The number of ether oxygens (including phenoxy) is 1. The first-order valence-corrected chi connectivity index (χ1v) is 17.7. The number of aromatic carboxylic acids is 1. The molecular weight excluding hydrogens is 643 g/mol. The molecule has 2 aromatic heterocycles. The lowest BCUT2D eigenvalue weighted by Gasteiger charge is -2.47.